The van der Waals surface area contributed by atoms with E-state index in [0.717, 1.165) is 38.0 Å². The van der Waals surface area contributed by atoms with Crippen molar-refractivity contribution in [3.05, 3.63) is 28.3 Å². The van der Waals surface area contributed by atoms with Crippen LogP contribution >= 0.6 is 0 Å². The Morgan fingerprint density at radius 2 is 2.19 bits per heavy atom. The predicted molar refractivity (Wildman–Crippen MR) is 87.1 cm³/mol. The maximum Gasteiger partial charge on any atom is 0.315 e. The second kappa shape index (κ2) is 6.78. The molecule has 0 spiro atoms. The summed E-state index contributed by atoms with van der Waals surface area (Å²) in [7, 11) is 0. The van der Waals surface area contributed by atoms with Crippen LogP contribution in [0.5, 0.6) is 0 Å². The largest absolute Gasteiger partial charge is 0.379 e. The molecule has 21 heavy (non-hydrogen) atoms. The lowest BCUT2D eigenvalue weighted by atomic mass is 9.92. The number of hydrogen-bond donors (Lipinski definition) is 1. The van der Waals surface area contributed by atoms with Crippen molar-refractivity contribution in [2.24, 2.45) is 5.92 Å². The summed E-state index contributed by atoms with van der Waals surface area (Å²) >= 11 is 0. The van der Waals surface area contributed by atoms with E-state index in [1.807, 2.05) is 12.1 Å². The van der Waals surface area contributed by atoms with Crippen LogP contribution in [-0.2, 0) is 0 Å². The van der Waals surface area contributed by atoms with Gasteiger partial charge in [0.25, 0.3) is 0 Å². The van der Waals surface area contributed by atoms with Gasteiger partial charge in [-0.15, -0.1) is 0 Å². The fourth-order valence-electron chi connectivity index (χ4n) is 3.12. The fraction of sp³-hybridized carbons (Fsp3) is 0.625. The van der Waals surface area contributed by atoms with E-state index in [9.17, 15) is 10.1 Å². The van der Waals surface area contributed by atoms with Gasteiger partial charge in [0, 0.05) is 19.1 Å². The van der Waals surface area contributed by atoms with Crippen molar-refractivity contribution in [2.45, 2.75) is 46.1 Å². The minimum Gasteiger partial charge on any atom is -0.379 e. The average molecular weight is 291 g/mol. The summed E-state index contributed by atoms with van der Waals surface area (Å²) in [5.41, 5.74) is 1.60. The molecule has 0 aromatic heterocycles. The number of nitro groups is 1. The monoisotopic (exact) mass is 291 g/mol. The van der Waals surface area contributed by atoms with E-state index in [1.165, 1.54) is 0 Å². The molecule has 1 aliphatic rings. The SMILES string of the molecule is CCCNc1cccc(N2CCC(C)CC2C)c1[N+](=O)[O-]. The van der Waals surface area contributed by atoms with Gasteiger partial charge in [-0.3, -0.25) is 10.1 Å². The lowest BCUT2D eigenvalue weighted by Gasteiger charge is -2.38. The molecule has 2 atom stereocenters. The molecule has 1 heterocycles. The normalized spacial score (nSPS) is 22.1. The Morgan fingerprint density at radius 1 is 1.43 bits per heavy atom. The van der Waals surface area contributed by atoms with Crippen LogP contribution in [0.1, 0.15) is 40.0 Å². The van der Waals surface area contributed by atoms with E-state index in [4.69, 9.17) is 0 Å². The summed E-state index contributed by atoms with van der Waals surface area (Å²) in [6.07, 6.45) is 3.12. The number of rotatable bonds is 5. The smallest absolute Gasteiger partial charge is 0.315 e. The fourth-order valence-corrected chi connectivity index (χ4v) is 3.12. The second-order valence-electron chi connectivity index (χ2n) is 6.03. The first-order valence-electron chi connectivity index (χ1n) is 7.82. The summed E-state index contributed by atoms with van der Waals surface area (Å²) in [6, 6.07) is 5.93. The van der Waals surface area contributed by atoms with Gasteiger partial charge >= 0.3 is 5.69 Å². The zero-order valence-electron chi connectivity index (χ0n) is 13.1. The summed E-state index contributed by atoms with van der Waals surface area (Å²) in [5, 5.41) is 14.7. The van der Waals surface area contributed by atoms with Crippen molar-refractivity contribution in [1.82, 2.24) is 0 Å². The molecule has 1 aromatic rings. The zero-order chi connectivity index (χ0) is 15.4. The summed E-state index contributed by atoms with van der Waals surface area (Å²) in [6.45, 7) is 8.10. The number of hydrogen-bond acceptors (Lipinski definition) is 4. The number of piperidine rings is 1. The Kier molecular flexibility index (Phi) is 5.04. The van der Waals surface area contributed by atoms with Crippen molar-refractivity contribution >= 4 is 17.1 Å². The molecule has 0 aliphatic carbocycles. The molecule has 5 heteroatoms. The molecule has 116 valence electrons. The zero-order valence-corrected chi connectivity index (χ0v) is 13.1. The molecule has 1 fully saturated rings. The van der Waals surface area contributed by atoms with E-state index in [2.05, 4.69) is 31.0 Å². The Bertz CT molecular complexity index is 504. The Morgan fingerprint density at radius 3 is 2.81 bits per heavy atom. The number of nitrogens with one attached hydrogen (secondary N) is 1. The highest BCUT2D eigenvalue weighted by molar-refractivity contribution is 5.77. The second-order valence-corrected chi connectivity index (χ2v) is 6.03. The minimum atomic E-state index is -0.252. The van der Waals surface area contributed by atoms with Crippen molar-refractivity contribution in [1.29, 1.82) is 0 Å². The molecule has 1 aliphatic heterocycles. The first-order valence-corrected chi connectivity index (χ1v) is 7.82. The summed E-state index contributed by atoms with van der Waals surface area (Å²) in [4.78, 5) is 13.5. The molecule has 0 amide bonds. The number of anilines is 2. The Labute approximate surface area is 126 Å². The van der Waals surface area contributed by atoms with Gasteiger partial charge in [-0.05, 0) is 44.2 Å². The third-order valence-electron chi connectivity index (χ3n) is 4.21. The Hall–Kier alpha value is -1.78. The van der Waals surface area contributed by atoms with Crippen LogP contribution in [-0.4, -0.2) is 24.1 Å². The van der Waals surface area contributed by atoms with Crippen molar-refractivity contribution in [2.75, 3.05) is 23.3 Å². The van der Waals surface area contributed by atoms with Crippen LogP contribution in [0, 0.1) is 16.0 Å². The maximum atomic E-state index is 11.6. The van der Waals surface area contributed by atoms with E-state index >= 15 is 0 Å². The van der Waals surface area contributed by atoms with Gasteiger partial charge in [0.05, 0.1) is 4.92 Å². The molecule has 0 saturated carbocycles. The number of benzene rings is 1. The molecular weight excluding hydrogens is 266 g/mol. The number of para-hydroxylation sites is 1. The molecule has 5 nitrogen and oxygen atoms in total. The highest BCUT2D eigenvalue weighted by Crippen LogP contribution is 2.38. The van der Waals surface area contributed by atoms with Gasteiger partial charge in [-0.1, -0.05) is 19.9 Å². The third-order valence-corrected chi connectivity index (χ3v) is 4.21. The lowest BCUT2D eigenvalue weighted by molar-refractivity contribution is -0.383. The van der Waals surface area contributed by atoms with Gasteiger partial charge in [0.2, 0.25) is 0 Å². The first-order chi connectivity index (χ1) is 10.0. The summed E-state index contributed by atoms with van der Waals surface area (Å²) in [5.74, 6) is 0.691. The quantitative estimate of drug-likeness (QED) is 0.657. The van der Waals surface area contributed by atoms with E-state index in [-0.39, 0.29) is 10.6 Å². The molecule has 1 saturated heterocycles. The van der Waals surface area contributed by atoms with Crippen LogP contribution in [0.15, 0.2) is 18.2 Å². The van der Waals surface area contributed by atoms with Crippen LogP contribution in [0.3, 0.4) is 0 Å². The molecule has 0 bridgehead atoms. The molecule has 2 unspecified atom stereocenters. The van der Waals surface area contributed by atoms with Crippen LogP contribution in [0.4, 0.5) is 17.1 Å². The molecule has 1 N–H and O–H groups in total. The highest BCUT2D eigenvalue weighted by Gasteiger charge is 2.29. The van der Waals surface area contributed by atoms with Crippen LogP contribution in [0.2, 0.25) is 0 Å². The average Bonchev–Trinajstić information content (AvgIpc) is 2.44. The van der Waals surface area contributed by atoms with E-state index in [1.54, 1.807) is 6.07 Å². The van der Waals surface area contributed by atoms with Gasteiger partial charge in [-0.2, -0.15) is 0 Å². The highest BCUT2D eigenvalue weighted by atomic mass is 16.6. The van der Waals surface area contributed by atoms with E-state index in [0.29, 0.717) is 17.6 Å². The lowest BCUT2D eigenvalue weighted by Crippen LogP contribution is -2.40. The van der Waals surface area contributed by atoms with Gasteiger partial charge in [0.15, 0.2) is 0 Å². The van der Waals surface area contributed by atoms with Crippen molar-refractivity contribution < 1.29 is 4.92 Å². The topological polar surface area (TPSA) is 58.4 Å². The standard InChI is InChI=1S/C16H25N3O2/c1-4-9-17-14-6-5-7-15(16(14)19(20)21)18-10-8-12(2)11-13(18)3/h5-7,12-13,17H,4,8-11H2,1-3H3. The maximum absolute atomic E-state index is 11.6. The van der Waals surface area contributed by atoms with Crippen molar-refractivity contribution in [3.63, 3.8) is 0 Å². The first kappa shape index (κ1) is 15.6. The van der Waals surface area contributed by atoms with Gasteiger partial charge < -0.3 is 10.2 Å². The molecule has 2 rings (SSSR count). The Balaban J connectivity index is 2.36. The molecule has 0 radical (unpaired) electrons. The minimum absolute atomic E-state index is 0.215. The number of nitrogens with zero attached hydrogens (tertiary/aromatic N) is 2. The molecular formula is C16H25N3O2. The third kappa shape index (κ3) is 3.46. The van der Waals surface area contributed by atoms with Crippen LogP contribution < -0.4 is 10.2 Å². The molecule has 1 aromatic carbocycles. The number of nitro benzene ring substituents is 1. The van der Waals surface area contributed by atoms with Crippen molar-refractivity contribution in [3.8, 4) is 0 Å². The van der Waals surface area contributed by atoms with Crippen LogP contribution in [0.25, 0.3) is 0 Å². The van der Waals surface area contributed by atoms with Gasteiger partial charge in [-0.25, -0.2) is 0 Å². The summed E-state index contributed by atoms with van der Waals surface area (Å²) < 4.78 is 0. The van der Waals surface area contributed by atoms with E-state index < -0.39 is 0 Å². The predicted octanol–water partition coefficient (Wildman–Crippen LogP) is 4.04. The van der Waals surface area contributed by atoms with Gasteiger partial charge in [0.1, 0.15) is 11.4 Å².